The zero-order valence-electron chi connectivity index (χ0n) is 38.1. The van der Waals surface area contributed by atoms with Crippen LogP contribution >= 0.6 is 0 Å². The molecular formula is C51H97NO5. The molecule has 0 saturated heterocycles. The maximum absolute atomic E-state index is 12.4. The normalized spacial score (nSPS) is 12.8. The van der Waals surface area contributed by atoms with E-state index in [0.717, 1.165) is 70.6 Å². The number of esters is 1. The van der Waals surface area contributed by atoms with E-state index in [1.807, 2.05) is 0 Å². The minimum Gasteiger partial charge on any atom is -0.466 e. The minimum atomic E-state index is -0.673. The average Bonchev–Trinajstić information content (AvgIpc) is 3.21. The molecule has 0 radical (unpaired) electrons. The van der Waals surface area contributed by atoms with E-state index >= 15 is 0 Å². The highest BCUT2D eigenvalue weighted by Gasteiger charge is 2.20. The van der Waals surface area contributed by atoms with Crippen LogP contribution in [0, 0.1) is 0 Å². The number of ether oxygens (including phenoxy) is 1. The third kappa shape index (κ3) is 43.7. The monoisotopic (exact) mass is 804 g/mol. The van der Waals surface area contributed by atoms with E-state index in [9.17, 15) is 19.8 Å². The molecule has 1 amide bonds. The molecule has 0 aliphatic carbocycles. The zero-order valence-corrected chi connectivity index (χ0v) is 38.1. The van der Waals surface area contributed by atoms with Gasteiger partial charge in [0.15, 0.2) is 0 Å². The highest BCUT2D eigenvalue weighted by Crippen LogP contribution is 2.16. The largest absolute Gasteiger partial charge is 0.466 e. The van der Waals surface area contributed by atoms with Crippen molar-refractivity contribution in [2.24, 2.45) is 0 Å². The number of allylic oxidation sites excluding steroid dienone is 4. The maximum atomic E-state index is 12.4. The number of amides is 1. The van der Waals surface area contributed by atoms with Gasteiger partial charge in [-0.2, -0.15) is 0 Å². The number of rotatable bonds is 46. The van der Waals surface area contributed by atoms with Crippen LogP contribution in [0.5, 0.6) is 0 Å². The lowest BCUT2D eigenvalue weighted by molar-refractivity contribution is -0.143. The average molecular weight is 804 g/mol. The second kappa shape index (κ2) is 47.0. The molecule has 0 saturated carbocycles. The fraction of sp³-hybridized carbons (Fsp3) is 0.882. The van der Waals surface area contributed by atoms with Crippen LogP contribution in [0.1, 0.15) is 264 Å². The van der Waals surface area contributed by atoms with Crippen molar-refractivity contribution in [2.75, 3.05) is 13.2 Å². The first-order valence-electron chi connectivity index (χ1n) is 25.1. The second-order valence-corrected chi connectivity index (χ2v) is 17.1. The number of nitrogens with one attached hydrogen (secondary N) is 1. The molecular weight excluding hydrogens is 707 g/mol. The minimum absolute atomic E-state index is 0.0205. The molecule has 336 valence electrons. The Morgan fingerprint density at radius 3 is 1.28 bits per heavy atom. The van der Waals surface area contributed by atoms with Gasteiger partial charge in [-0.1, -0.05) is 199 Å². The summed E-state index contributed by atoms with van der Waals surface area (Å²) in [6.07, 6.45) is 54.3. The van der Waals surface area contributed by atoms with Crippen molar-refractivity contribution in [2.45, 2.75) is 276 Å². The third-order valence-corrected chi connectivity index (χ3v) is 11.5. The highest BCUT2D eigenvalue weighted by molar-refractivity contribution is 5.76. The van der Waals surface area contributed by atoms with Gasteiger partial charge in [0.1, 0.15) is 0 Å². The van der Waals surface area contributed by atoms with Crippen molar-refractivity contribution in [3.63, 3.8) is 0 Å². The van der Waals surface area contributed by atoms with E-state index in [-0.39, 0.29) is 18.5 Å². The summed E-state index contributed by atoms with van der Waals surface area (Å²) in [6, 6.07) is -0.552. The quantitative estimate of drug-likeness (QED) is 0.0324. The Hall–Kier alpha value is -1.66. The molecule has 57 heavy (non-hydrogen) atoms. The van der Waals surface area contributed by atoms with E-state index in [0.29, 0.717) is 25.9 Å². The summed E-state index contributed by atoms with van der Waals surface area (Å²) in [4.78, 5) is 24.4. The van der Waals surface area contributed by atoms with E-state index in [1.165, 1.54) is 161 Å². The molecule has 0 aromatic carbocycles. The van der Waals surface area contributed by atoms with Crippen molar-refractivity contribution in [3.05, 3.63) is 24.3 Å². The first-order valence-corrected chi connectivity index (χ1v) is 25.1. The van der Waals surface area contributed by atoms with Crippen LogP contribution in [0.25, 0.3) is 0 Å². The van der Waals surface area contributed by atoms with E-state index < -0.39 is 12.1 Å². The molecule has 6 heteroatoms. The van der Waals surface area contributed by atoms with Gasteiger partial charge in [-0.25, -0.2) is 0 Å². The lowest BCUT2D eigenvalue weighted by atomic mass is 10.0. The predicted octanol–water partition coefficient (Wildman–Crippen LogP) is 14.7. The Labute approximate surface area is 354 Å². The third-order valence-electron chi connectivity index (χ3n) is 11.5. The number of unbranched alkanes of at least 4 members (excludes halogenated alkanes) is 31. The Morgan fingerprint density at radius 2 is 0.825 bits per heavy atom. The van der Waals surface area contributed by atoms with E-state index in [1.54, 1.807) is 0 Å². The summed E-state index contributed by atoms with van der Waals surface area (Å²) in [5, 5.41) is 23.2. The fourth-order valence-electron chi connectivity index (χ4n) is 7.57. The molecule has 0 aliphatic heterocycles. The number of carbonyl (C=O) groups is 2. The Morgan fingerprint density at radius 1 is 0.474 bits per heavy atom. The molecule has 0 heterocycles. The molecule has 0 bridgehead atoms. The zero-order chi connectivity index (χ0) is 41.5. The number of hydrogen-bond donors (Lipinski definition) is 3. The van der Waals surface area contributed by atoms with Gasteiger partial charge in [-0.05, 0) is 77.0 Å². The van der Waals surface area contributed by atoms with Crippen LogP contribution < -0.4 is 5.32 Å². The Bertz CT molecular complexity index is 889. The number of aliphatic hydroxyl groups is 2. The summed E-state index contributed by atoms with van der Waals surface area (Å²) < 4.78 is 5.43. The maximum Gasteiger partial charge on any atom is 0.305 e. The van der Waals surface area contributed by atoms with Gasteiger partial charge >= 0.3 is 5.97 Å². The fourth-order valence-corrected chi connectivity index (χ4v) is 7.57. The first kappa shape index (κ1) is 55.3. The van der Waals surface area contributed by atoms with Crippen LogP contribution in [0.3, 0.4) is 0 Å². The summed E-state index contributed by atoms with van der Waals surface area (Å²) in [7, 11) is 0. The van der Waals surface area contributed by atoms with E-state index in [4.69, 9.17) is 4.74 Å². The Balaban J connectivity index is 3.49. The molecule has 0 fully saturated rings. The van der Waals surface area contributed by atoms with Crippen molar-refractivity contribution in [3.8, 4) is 0 Å². The number of carbonyl (C=O) groups excluding carboxylic acids is 2. The highest BCUT2D eigenvalue weighted by atomic mass is 16.5. The topological polar surface area (TPSA) is 95.9 Å². The summed E-state index contributed by atoms with van der Waals surface area (Å²) in [5.74, 6) is -0.0716. The van der Waals surface area contributed by atoms with Crippen LogP contribution in [-0.4, -0.2) is 47.4 Å². The van der Waals surface area contributed by atoms with Gasteiger partial charge in [0, 0.05) is 12.8 Å². The summed E-state index contributed by atoms with van der Waals surface area (Å²) >= 11 is 0. The van der Waals surface area contributed by atoms with Gasteiger partial charge in [-0.15, -0.1) is 0 Å². The molecule has 0 aromatic rings. The molecule has 0 aromatic heterocycles. The molecule has 0 aliphatic rings. The lowest BCUT2D eigenvalue weighted by Crippen LogP contribution is -2.45. The van der Waals surface area contributed by atoms with Gasteiger partial charge in [0.25, 0.3) is 0 Å². The second-order valence-electron chi connectivity index (χ2n) is 17.1. The molecule has 2 atom stereocenters. The van der Waals surface area contributed by atoms with Gasteiger partial charge in [0.2, 0.25) is 5.91 Å². The molecule has 6 nitrogen and oxygen atoms in total. The number of aliphatic hydroxyl groups excluding tert-OH is 2. The lowest BCUT2D eigenvalue weighted by Gasteiger charge is -2.22. The number of hydrogen-bond acceptors (Lipinski definition) is 5. The van der Waals surface area contributed by atoms with Crippen LogP contribution in [0.2, 0.25) is 0 Å². The van der Waals surface area contributed by atoms with Crippen molar-refractivity contribution >= 4 is 11.9 Å². The van der Waals surface area contributed by atoms with Crippen molar-refractivity contribution in [1.82, 2.24) is 5.32 Å². The molecule has 2 unspecified atom stereocenters. The predicted molar refractivity (Wildman–Crippen MR) is 246 cm³/mol. The van der Waals surface area contributed by atoms with Gasteiger partial charge in [0.05, 0.1) is 25.4 Å². The van der Waals surface area contributed by atoms with Crippen molar-refractivity contribution in [1.29, 1.82) is 0 Å². The van der Waals surface area contributed by atoms with E-state index in [2.05, 4.69) is 43.5 Å². The Kier molecular flexibility index (Phi) is 45.7. The summed E-state index contributed by atoms with van der Waals surface area (Å²) in [5.41, 5.74) is 0. The van der Waals surface area contributed by atoms with Crippen LogP contribution in [0.4, 0.5) is 0 Å². The SMILES string of the molecule is CCCCC/C=C\CCCCCCCC(=O)OCCCCCC/C=C\CCCCCCCCCC(=O)NC(CO)C(O)CCCCCCCCCCCCCCC. The van der Waals surface area contributed by atoms with Crippen LogP contribution in [-0.2, 0) is 14.3 Å². The van der Waals surface area contributed by atoms with Crippen LogP contribution in [0.15, 0.2) is 24.3 Å². The molecule has 3 N–H and O–H groups in total. The van der Waals surface area contributed by atoms with Crippen molar-refractivity contribution < 1.29 is 24.5 Å². The molecule has 0 rings (SSSR count). The van der Waals surface area contributed by atoms with Gasteiger partial charge in [-0.3, -0.25) is 9.59 Å². The standard InChI is InChI=1S/C51H97NO5/c1-3-5-7-9-11-13-15-20-23-27-31-35-39-43-49(54)48(47-53)52-50(55)44-40-36-32-28-24-21-18-17-19-22-26-30-34-38-42-46-57-51(56)45-41-37-33-29-25-16-14-12-10-8-6-4-2/h12,14,19,22,48-49,53-54H,3-11,13,15-18,20-21,23-47H2,1-2H3,(H,52,55)/b14-12-,22-19-. The summed E-state index contributed by atoms with van der Waals surface area (Å²) in [6.45, 7) is 4.88. The first-order chi connectivity index (χ1) is 28.0. The van der Waals surface area contributed by atoms with Gasteiger partial charge < -0.3 is 20.3 Å². The smallest absolute Gasteiger partial charge is 0.305 e. The molecule has 0 spiro atoms.